The van der Waals surface area contributed by atoms with Gasteiger partial charge in [0, 0.05) is 6.42 Å². The Morgan fingerprint density at radius 2 is 2.30 bits per heavy atom. The highest BCUT2D eigenvalue weighted by Gasteiger charge is 2.44. The lowest BCUT2D eigenvalue weighted by Gasteiger charge is -2.28. The Labute approximate surface area is 111 Å². The number of hydrogen-bond donors (Lipinski definition) is 0. The van der Waals surface area contributed by atoms with Crippen LogP contribution in [0.25, 0.3) is 5.82 Å². The smallest absolute Gasteiger partial charge is 0.351 e. The van der Waals surface area contributed by atoms with E-state index in [1.165, 1.54) is 12.7 Å². The van der Waals surface area contributed by atoms with Crippen LogP contribution in [0, 0.1) is 5.82 Å². The van der Waals surface area contributed by atoms with Crippen LogP contribution in [0.4, 0.5) is 4.39 Å². The molecule has 2 aromatic heterocycles. The molecule has 2 aliphatic heterocycles. The van der Waals surface area contributed by atoms with Gasteiger partial charge in [-0.1, -0.05) is 0 Å². The molecule has 4 heterocycles. The van der Waals surface area contributed by atoms with Crippen LogP contribution in [0.2, 0.25) is 0 Å². The molecule has 0 aromatic carbocycles. The molecule has 2 aromatic rings. The van der Waals surface area contributed by atoms with Gasteiger partial charge in [-0.2, -0.15) is 14.8 Å². The Morgan fingerprint density at radius 1 is 1.40 bits per heavy atom. The zero-order chi connectivity index (χ0) is 13.7. The first kappa shape index (κ1) is 11.7. The van der Waals surface area contributed by atoms with Crippen molar-refractivity contribution in [1.29, 1.82) is 0 Å². The van der Waals surface area contributed by atoms with Crippen LogP contribution in [-0.2, 0) is 9.47 Å². The quantitative estimate of drug-likeness (QED) is 0.747. The predicted octanol–water partition coefficient (Wildman–Crippen LogP) is -0.351. The average molecular weight is 279 g/mol. The summed E-state index contributed by atoms with van der Waals surface area (Å²) in [5.41, 5.74) is -0.594. The standard InChI is InChI=1S/C11H10FN5O3/c12-6-2-16(9-1-7-8(20-9)3-19-7)11(18)15-10(6)17-5-13-4-14-17/h2,4-5,7-9H,1,3H2/t7-,8-,9-/m0/s1. The van der Waals surface area contributed by atoms with E-state index in [9.17, 15) is 9.18 Å². The highest BCUT2D eigenvalue weighted by Crippen LogP contribution is 2.35. The number of halogens is 1. The number of aromatic nitrogens is 5. The minimum Gasteiger partial charge on any atom is -0.372 e. The summed E-state index contributed by atoms with van der Waals surface area (Å²) in [6.45, 7) is 0.517. The van der Waals surface area contributed by atoms with Crippen molar-refractivity contribution in [3.8, 4) is 5.82 Å². The zero-order valence-electron chi connectivity index (χ0n) is 10.2. The molecule has 9 heteroatoms. The van der Waals surface area contributed by atoms with Crippen molar-refractivity contribution in [2.24, 2.45) is 0 Å². The molecule has 0 aliphatic carbocycles. The largest absolute Gasteiger partial charge is 0.372 e. The molecule has 8 nitrogen and oxygen atoms in total. The van der Waals surface area contributed by atoms with Crippen molar-refractivity contribution in [2.75, 3.05) is 6.61 Å². The highest BCUT2D eigenvalue weighted by atomic mass is 19.1. The van der Waals surface area contributed by atoms with E-state index < -0.39 is 17.7 Å². The van der Waals surface area contributed by atoms with Crippen molar-refractivity contribution in [3.63, 3.8) is 0 Å². The van der Waals surface area contributed by atoms with E-state index in [4.69, 9.17) is 9.47 Å². The van der Waals surface area contributed by atoms with Gasteiger partial charge in [0.1, 0.15) is 25.0 Å². The molecule has 0 radical (unpaired) electrons. The summed E-state index contributed by atoms with van der Waals surface area (Å²) in [5.74, 6) is -0.847. The second-order valence-electron chi connectivity index (χ2n) is 4.68. The molecule has 0 bridgehead atoms. The fourth-order valence-corrected chi connectivity index (χ4v) is 2.41. The minimum atomic E-state index is -0.668. The summed E-state index contributed by atoms with van der Waals surface area (Å²) < 4.78 is 27.2. The van der Waals surface area contributed by atoms with Crippen LogP contribution in [0.5, 0.6) is 0 Å². The molecule has 3 atom stereocenters. The van der Waals surface area contributed by atoms with Gasteiger partial charge in [0.2, 0.25) is 0 Å². The third-order valence-corrected chi connectivity index (χ3v) is 3.49. The van der Waals surface area contributed by atoms with Crippen LogP contribution in [0.1, 0.15) is 12.6 Å². The fraction of sp³-hybridized carbons (Fsp3) is 0.455. The van der Waals surface area contributed by atoms with Crippen molar-refractivity contribution in [3.05, 3.63) is 35.2 Å². The predicted molar refractivity (Wildman–Crippen MR) is 61.6 cm³/mol. The van der Waals surface area contributed by atoms with Crippen molar-refractivity contribution in [1.82, 2.24) is 24.3 Å². The first-order valence-corrected chi connectivity index (χ1v) is 6.13. The summed E-state index contributed by atoms with van der Waals surface area (Å²) >= 11 is 0. The van der Waals surface area contributed by atoms with E-state index in [-0.39, 0.29) is 18.0 Å². The lowest BCUT2D eigenvalue weighted by atomic mass is 10.1. The Hall–Kier alpha value is -2.13. The van der Waals surface area contributed by atoms with Crippen molar-refractivity contribution >= 4 is 0 Å². The summed E-state index contributed by atoms with van der Waals surface area (Å²) in [7, 11) is 0. The Morgan fingerprint density at radius 3 is 2.90 bits per heavy atom. The van der Waals surface area contributed by atoms with E-state index >= 15 is 0 Å². The van der Waals surface area contributed by atoms with E-state index in [0.29, 0.717) is 13.0 Å². The third-order valence-electron chi connectivity index (χ3n) is 3.49. The number of fused-ring (bicyclic) bond motifs is 1. The van der Waals surface area contributed by atoms with Crippen LogP contribution in [0.3, 0.4) is 0 Å². The van der Waals surface area contributed by atoms with Gasteiger partial charge in [0.15, 0.2) is 11.6 Å². The molecule has 2 fully saturated rings. The van der Waals surface area contributed by atoms with Gasteiger partial charge in [-0.05, 0) is 0 Å². The monoisotopic (exact) mass is 279 g/mol. The van der Waals surface area contributed by atoms with Crippen LogP contribution in [0.15, 0.2) is 23.6 Å². The molecule has 20 heavy (non-hydrogen) atoms. The Balaban J connectivity index is 1.72. The van der Waals surface area contributed by atoms with E-state index in [0.717, 1.165) is 15.4 Å². The van der Waals surface area contributed by atoms with Gasteiger partial charge >= 0.3 is 5.69 Å². The summed E-state index contributed by atoms with van der Waals surface area (Å²) in [4.78, 5) is 19.4. The van der Waals surface area contributed by atoms with Crippen LogP contribution < -0.4 is 5.69 Å². The minimum absolute atomic E-state index is 0.00930. The second kappa shape index (κ2) is 4.18. The molecule has 0 N–H and O–H groups in total. The molecule has 2 aliphatic rings. The first-order chi connectivity index (χ1) is 9.72. The maximum Gasteiger partial charge on any atom is 0.351 e. The van der Waals surface area contributed by atoms with Gasteiger partial charge in [0.05, 0.1) is 18.9 Å². The molecule has 4 rings (SSSR count). The SMILES string of the molecule is O=c1nc(-n2cncn2)c(F)cn1[C@@H]1C[C@@H]2OC[C@@H]2O1. The van der Waals surface area contributed by atoms with Gasteiger partial charge in [0.25, 0.3) is 0 Å². The molecule has 0 spiro atoms. The lowest BCUT2D eigenvalue weighted by Crippen LogP contribution is -2.40. The molecular formula is C11H10FN5O3. The van der Waals surface area contributed by atoms with Gasteiger partial charge in [-0.3, -0.25) is 4.57 Å². The Kier molecular flexibility index (Phi) is 2.44. The van der Waals surface area contributed by atoms with E-state index in [1.807, 2.05) is 0 Å². The molecule has 0 unspecified atom stereocenters. The molecule has 0 amide bonds. The summed E-state index contributed by atoms with van der Waals surface area (Å²) in [5, 5.41) is 3.75. The second-order valence-corrected chi connectivity index (χ2v) is 4.68. The first-order valence-electron chi connectivity index (χ1n) is 6.13. The third kappa shape index (κ3) is 1.67. The summed E-state index contributed by atoms with van der Waals surface area (Å²) in [6, 6.07) is 0. The maximum absolute atomic E-state index is 14.1. The molecule has 0 saturated carbocycles. The number of hydrogen-bond acceptors (Lipinski definition) is 6. The average Bonchev–Trinajstić information content (AvgIpc) is 3.02. The maximum atomic E-state index is 14.1. The van der Waals surface area contributed by atoms with Crippen LogP contribution in [-0.4, -0.2) is 43.1 Å². The summed E-state index contributed by atoms with van der Waals surface area (Å²) in [6.07, 6.45) is 3.56. The van der Waals surface area contributed by atoms with Gasteiger partial charge in [-0.25, -0.2) is 14.2 Å². The van der Waals surface area contributed by atoms with Crippen LogP contribution >= 0.6 is 0 Å². The number of nitrogens with zero attached hydrogens (tertiary/aromatic N) is 5. The van der Waals surface area contributed by atoms with Crippen molar-refractivity contribution < 1.29 is 13.9 Å². The van der Waals surface area contributed by atoms with Gasteiger partial charge < -0.3 is 9.47 Å². The zero-order valence-corrected chi connectivity index (χ0v) is 10.2. The highest BCUT2D eigenvalue weighted by molar-refractivity contribution is 5.19. The topological polar surface area (TPSA) is 84.1 Å². The molecular weight excluding hydrogens is 269 g/mol. The normalized spacial score (nSPS) is 28.1. The number of ether oxygens (including phenoxy) is 2. The fourth-order valence-electron chi connectivity index (χ4n) is 2.41. The Bertz CT molecular complexity index is 689. The van der Waals surface area contributed by atoms with E-state index in [2.05, 4.69) is 15.1 Å². The van der Waals surface area contributed by atoms with Gasteiger partial charge in [-0.15, -0.1) is 0 Å². The van der Waals surface area contributed by atoms with Crippen molar-refractivity contribution in [2.45, 2.75) is 24.9 Å². The molecule has 2 saturated heterocycles. The van der Waals surface area contributed by atoms with E-state index in [1.54, 1.807) is 0 Å². The lowest BCUT2D eigenvalue weighted by molar-refractivity contribution is -0.149. The molecule has 104 valence electrons. The number of rotatable bonds is 2.